The first-order chi connectivity index (χ1) is 8.66. The highest BCUT2D eigenvalue weighted by atomic mass is 127. The SMILES string of the molecule is Clc1nc(C2COc3ccccc32)nc(Cl)c1I. The third-order valence-corrected chi connectivity index (χ3v) is 5.01. The predicted octanol–water partition coefficient (Wildman–Crippen LogP) is 3.91. The molecule has 2 heterocycles. The molecule has 2 aromatic rings. The second-order valence-electron chi connectivity index (χ2n) is 3.88. The zero-order valence-electron chi connectivity index (χ0n) is 9.03. The van der Waals surface area contributed by atoms with Crippen molar-refractivity contribution in [3.05, 3.63) is 49.5 Å². The number of halogens is 3. The zero-order valence-corrected chi connectivity index (χ0v) is 12.7. The summed E-state index contributed by atoms with van der Waals surface area (Å²) >= 11 is 14.1. The molecule has 0 spiro atoms. The quantitative estimate of drug-likeness (QED) is 0.545. The minimum Gasteiger partial charge on any atom is -0.492 e. The number of hydrogen-bond donors (Lipinski definition) is 0. The Morgan fingerprint density at radius 2 is 1.83 bits per heavy atom. The molecular weight excluding hydrogens is 386 g/mol. The molecule has 3 rings (SSSR count). The van der Waals surface area contributed by atoms with E-state index >= 15 is 0 Å². The maximum Gasteiger partial charge on any atom is 0.147 e. The van der Waals surface area contributed by atoms with Crippen LogP contribution in [0.4, 0.5) is 0 Å². The van der Waals surface area contributed by atoms with Crippen molar-refractivity contribution in [1.82, 2.24) is 9.97 Å². The van der Waals surface area contributed by atoms with E-state index in [1.807, 2.05) is 46.9 Å². The van der Waals surface area contributed by atoms with Crippen LogP contribution in [0.2, 0.25) is 10.3 Å². The highest BCUT2D eigenvalue weighted by Gasteiger charge is 2.28. The lowest BCUT2D eigenvalue weighted by atomic mass is 10.0. The Morgan fingerprint density at radius 3 is 2.56 bits per heavy atom. The molecule has 1 aromatic heterocycles. The molecule has 0 radical (unpaired) electrons. The van der Waals surface area contributed by atoms with Crippen LogP contribution in [-0.4, -0.2) is 16.6 Å². The number of benzene rings is 1. The van der Waals surface area contributed by atoms with E-state index in [4.69, 9.17) is 27.9 Å². The standard InChI is InChI=1S/C12H7Cl2IN2O/c13-10-9(15)11(14)17-12(16-10)7-5-18-8-4-2-1-3-6(7)8/h1-4,7H,5H2. The van der Waals surface area contributed by atoms with Gasteiger partial charge in [0, 0.05) is 5.56 Å². The summed E-state index contributed by atoms with van der Waals surface area (Å²) < 4.78 is 6.28. The van der Waals surface area contributed by atoms with Gasteiger partial charge in [-0.15, -0.1) is 0 Å². The average Bonchev–Trinajstić information content (AvgIpc) is 2.79. The zero-order chi connectivity index (χ0) is 12.7. The molecule has 6 heteroatoms. The third-order valence-electron chi connectivity index (χ3n) is 2.80. The normalized spacial score (nSPS) is 17.4. The van der Waals surface area contributed by atoms with Crippen molar-refractivity contribution in [2.24, 2.45) is 0 Å². The number of hydrogen-bond acceptors (Lipinski definition) is 3. The van der Waals surface area contributed by atoms with Crippen molar-refractivity contribution < 1.29 is 4.74 Å². The Labute approximate surface area is 128 Å². The molecule has 1 aliphatic rings. The fourth-order valence-electron chi connectivity index (χ4n) is 1.94. The fraction of sp³-hybridized carbons (Fsp3) is 0.167. The Balaban J connectivity index is 2.08. The predicted molar refractivity (Wildman–Crippen MR) is 78.5 cm³/mol. The summed E-state index contributed by atoms with van der Waals surface area (Å²) in [4.78, 5) is 8.59. The van der Waals surface area contributed by atoms with E-state index in [-0.39, 0.29) is 5.92 Å². The van der Waals surface area contributed by atoms with Gasteiger partial charge in [-0.05, 0) is 28.7 Å². The fourth-order valence-corrected chi connectivity index (χ4v) is 2.58. The van der Waals surface area contributed by atoms with Gasteiger partial charge in [-0.3, -0.25) is 0 Å². The molecule has 0 amide bonds. The molecule has 92 valence electrons. The number of aromatic nitrogens is 2. The van der Waals surface area contributed by atoms with Crippen molar-refractivity contribution >= 4 is 45.8 Å². The van der Waals surface area contributed by atoms with E-state index in [0.717, 1.165) is 11.3 Å². The van der Waals surface area contributed by atoms with Crippen LogP contribution in [0.15, 0.2) is 24.3 Å². The van der Waals surface area contributed by atoms with Gasteiger partial charge in [-0.25, -0.2) is 9.97 Å². The summed E-state index contributed by atoms with van der Waals surface area (Å²) in [5, 5.41) is 0.768. The molecule has 1 aromatic carbocycles. The topological polar surface area (TPSA) is 35.0 Å². The summed E-state index contributed by atoms with van der Waals surface area (Å²) in [7, 11) is 0. The Kier molecular flexibility index (Phi) is 3.34. The van der Waals surface area contributed by atoms with Gasteiger partial charge in [0.1, 0.15) is 28.5 Å². The lowest BCUT2D eigenvalue weighted by Gasteiger charge is -2.09. The average molecular weight is 393 g/mol. The molecule has 0 saturated carbocycles. The van der Waals surface area contributed by atoms with Gasteiger partial charge in [0.2, 0.25) is 0 Å². The Hall–Kier alpha value is -0.590. The molecule has 0 aliphatic carbocycles. The largest absolute Gasteiger partial charge is 0.492 e. The van der Waals surface area contributed by atoms with E-state index in [9.17, 15) is 0 Å². The summed E-state index contributed by atoms with van der Waals surface area (Å²) in [6.07, 6.45) is 0. The summed E-state index contributed by atoms with van der Waals surface area (Å²) in [5.74, 6) is 1.47. The Bertz CT molecular complexity index is 598. The van der Waals surface area contributed by atoms with Crippen LogP contribution in [0.1, 0.15) is 17.3 Å². The van der Waals surface area contributed by atoms with Crippen LogP contribution in [-0.2, 0) is 0 Å². The maximum absolute atomic E-state index is 6.04. The van der Waals surface area contributed by atoms with Crippen molar-refractivity contribution in [2.75, 3.05) is 6.61 Å². The smallest absolute Gasteiger partial charge is 0.147 e. The first-order valence-corrected chi connectivity index (χ1v) is 7.10. The maximum atomic E-state index is 6.04. The van der Waals surface area contributed by atoms with Gasteiger partial charge in [0.25, 0.3) is 0 Å². The van der Waals surface area contributed by atoms with Gasteiger partial charge in [0.15, 0.2) is 0 Å². The highest BCUT2D eigenvalue weighted by molar-refractivity contribution is 14.1. The lowest BCUT2D eigenvalue weighted by molar-refractivity contribution is 0.339. The first kappa shape index (κ1) is 12.4. The minimum absolute atomic E-state index is 0.00630. The molecular formula is C12H7Cl2IN2O. The molecule has 0 saturated heterocycles. The molecule has 0 fully saturated rings. The molecule has 18 heavy (non-hydrogen) atoms. The molecule has 0 bridgehead atoms. The number of para-hydroxylation sites is 1. The van der Waals surface area contributed by atoms with Crippen LogP contribution in [0.5, 0.6) is 5.75 Å². The second kappa shape index (κ2) is 4.83. The molecule has 1 unspecified atom stereocenters. The van der Waals surface area contributed by atoms with Crippen LogP contribution in [0, 0.1) is 3.57 Å². The third kappa shape index (κ3) is 2.06. The number of ether oxygens (including phenoxy) is 1. The summed E-state index contributed by atoms with van der Waals surface area (Å²) in [6.45, 7) is 0.520. The van der Waals surface area contributed by atoms with Crippen molar-refractivity contribution in [3.8, 4) is 5.75 Å². The second-order valence-corrected chi connectivity index (χ2v) is 5.67. The van der Waals surface area contributed by atoms with E-state index in [0.29, 0.717) is 26.3 Å². The van der Waals surface area contributed by atoms with E-state index in [1.165, 1.54) is 0 Å². The van der Waals surface area contributed by atoms with Crippen LogP contribution in [0.3, 0.4) is 0 Å². The van der Waals surface area contributed by atoms with Gasteiger partial charge in [-0.1, -0.05) is 41.4 Å². The molecule has 0 N–H and O–H groups in total. The molecule has 1 aliphatic heterocycles. The van der Waals surface area contributed by atoms with Crippen molar-refractivity contribution in [2.45, 2.75) is 5.92 Å². The van der Waals surface area contributed by atoms with Crippen LogP contribution < -0.4 is 4.74 Å². The van der Waals surface area contributed by atoms with Crippen LogP contribution in [0.25, 0.3) is 0 Å². The number of nitrogens with zero attached hydrogens (tertiary/aromatic N) is 2. The minimum atomic E-state index is -0.00630. The summed E-state index contributed by atoms with van der Waals surface area (Å²) in [6, 6.07) is 7.85. The van der Waals surface area contributed by atoms with Gasteiger partial charge in [0.05, 0.1) is 9.49 Å². The van der Waals surface area contributed by atoms with Gasteiger partial charge < -0.3 is 4.74 Å². The van der Waals surface area contributed by atoms with Crippen LogP contribution >= 0.6 is 45.8 Å². The van der Waals surface area contributed by atoms with Gasteiger partial charge in [-0.2, -0.15) is 0 Å². The van der Waals surface area contributed by atoms with E-state index in [1.54, 1.807) is 0 Å². The lowest BCUT2D eigenvalue weighted by Crippen LogP contribution is -2.09. The van der Waals surface area contributed by atoms with Gasteiger partial charge >= 0.3 is 0 Å². The van der Waals surface area contributed by atoms with E-state index < -0.39 is 0 Å². The first-order valence-electron chi connectivity index (χ1n) is 5.27. The Morgan fingerprint density at radius 1 is 1.17 bits per heavy atom. The number of rotatable bonds is 1. The highest BCUT2D eigenvalue weighted by Crippen LogP contribution is 2.37. The molecule has 3 nitrogen and oxygen atoms in total. The van der Waals surface area contributed by atoms with Crippen molar-refractivity contribution in [1.29, 1.82) is 0 Å². The summed E-state index contributed by atoms with van der Waals surface area (Å²) in [5.41, 5.74) is 1.07. The number of fused-ring (bicyclic) bond motifs is 1. The van der Waals surface area contributed by atoms with E-state index in [2.05, 4.69) is 9.97 Å². The van der Waals surface area contributed by atoms with Crippen molar-refractivity contribution in [3.63, 3.8) is 0 Å². The molecule has 1 atom stereocenters. The monoisotopic (exact) mass is 392 g/mol.